The van der Waals surface area contributed by atoms with E-state index in [1.54, 1.807) is 18.2 Å². The molecule has 1 aromatic carbocycles. The first kappa shape index (κ1) is 10.8. The van der Waals surface area contributed by atoms with Gasteiger partial charge in [0.05, 0.1) is 18.7 Å². The van der Waals surface area contributed by atoms with Crippen LogP contribution in [0.2, 0.25) is 0 Å². The molecule has 6 nitrogen and oxygen atoms in total. The number of ketones is 1. The summed E-state index contributed by atoms with van der Waals surface area (Å²) in [5, 5.41) is 2.66. The van der Waals surface area contributed by atoms with E-state index in [-0.39, 0.29) is 37.2 Å². The molecule has 6 heteroatoms. The lowest BCUT2D eigenvalue weighted by molar-refractivity contribution is -0.121. The maximum Gasteiger partial charge on any atom is 0.262 e. The fourth-order valence-corrected chi connectivity index (χ4v) is 2.06. The summed E-state index contributed by atoms with van der Waals surface area (Å²) in [4.78, 5) is 35.4. The number of fused-ring (bicyclic) bond motifs is 1. The van der Waals surface area contributed by atoms with Gasteiger partial charge in [-0.25, -0.2) is 0 Å². The average Bonchev–Trinajstić information content (AvgIpc) is 2.67. The van der Waals surface area contributed by atoms with E-state index in [0.717, 1.165) is 0 Å². The van der Waals surface area contributed by atoms with Crippen LogP contribution in [0.15, 0.2) is 18.2 Å². The fraction of sp³-hybridized carbons (Fsp3) is 0.250. The van der Waals surface area contributed by atoms with Gasteiger partial charge in [-0.3, -0.25) is 14.4 Å². The Morgan fingerprint density at radius 2 is 2.06 bits per heavy atom. The Labute approximate surface area is 103 Å². The lowest BCUT2D eigenvalue weighted by Crippen LogP contribution is -2.27. The largest absolute Gasteiger partial charge is 0.482 e. The molecule has 1 N–H and O–H groups in total. The molecule has 1 fully saturated rings. The summed E-state index contributed by atoms with van der Waals surface area (Å²) < 4.78 is 5.22. The van der Waals surface area contributed by atoms with Crippen LogP contribution in [0.25, 0.3) is 0 Å². The number of carbonyl (C=O) groups is 3. The zero-order chi connectivity index (χ0) is 12.7. The average molecular weight is 246 g/mol. The van der Waals surface area contributed by atoms with Crippen molar-refractivity contribution in [2.24, 2.45) is 0 Å². The Bertz CT molecular complexity index is 567. The van der Waals surface area contributed by atoms with Gasteiger partial charge in [0.15, 0.2) is 12.4 Å². The summed E-state index contributed by atoms with van der Waals surface area (Å²) in [5.41, 5.74) is 1.12. The number of anilines is 2. The number of amides is 2. The second-order valence-corrected chi connectivity index (χ2v) is 4.21. The van der Waals surface area contributed by atoms with E-state index in [4.69, 9.17) is 4.74 Å². The van der Waals surface area contributed by atoms with Crippen molar-refractivity contribution in [3.05, 3.63) is 18.2 Å². The maximum atomic E-state index is 11.6. The highest BCUT2D eigenvalue weighted by atomic mass is 16.5. The summed E-state index contributed by atoms with van der Waals surface area (Å²) in [6, 6.07) is 5.02. The molecule has 1 saturated heterocycles. The number of Topliss-reactive ketones (excluding diaryl/α,β-unsaturated/α-hetero) is 1. The van der Waals surface area contributed by atoms with Gasteiger partial charge >= 0.3 is 0 Å². The molecule has 2 amide bonds. The molecule has 3 rings (SSSR count). The van der Waals surface area contributed by atoms with Gasteiger partial charge in [-0.05, 0) is 18.2 Å². The number of nitrogens with zero attached hydrogens (tertiary/aromatic N) is 1. The molecule has 0 bridgehead atoms. The Balaban J connectivity index is 1.95. The highest BCUT2D eigenvalue weighted by Crippen LogP contribution is 2.32. The fourth-order valence-electron chi connectivity index (χ4n) is 2.06. The Morgan fingerprint density at radius 1 is 1.22 bits per heavy atom. The van der Waals surface area contributed by atoms with Crippen LogP contribution >= 0.6 is 0 Å². The van der Waals surface area contributed by atoms with Gasteiger partial charge in [0.25, 0.3) is 5.91 Å². The van der Waals surface area contributed by atoms with E-state index in [0.29, 0.717) is 17.1 Å². The normalized spacial score (nSPS) is 18.4. The standard InChI is InChI=1S/C12H10N2O4/c15-8-4-12(17)14(5-8)7-1-2-10-9(3-7)13-11(16)6-18-10/h1-3H,4-6H2,(H,13,16). The lowest BCUT2D eigenvalue weighted by atomic mass is 10.2. The number of rotatable bonds is 1. The quantitative estimate of drug-likeness (QED) is 0.724. The number of hydrogen-bond acceptors (Lipinski definition) is 4. The molecule has 2 heterocycles. The Morgan fingerprint density at radius 3 is 2.78 bits per heavy atom. The molecule has 0 saturated carbocycles. The minimum absolute atomic E-state index is 0.00647. The number of nitrogens with one attached hydrogen (secondary N) is 1. The van der Waals surface area contributed by atoms with Crippen molar-refractivity contribution in [1.82, 2.24) is 0 Å². The number of ether oxygens (including phenoxy) is 1. The summed E-state index contributed by atoms with van der Waals surface area (Å²) >= 11 is 0. The third kappa shape index (κ3) is 1.71. The molecule has 92 valence electrons. The molecule has 18 heavy (non-hydrogen) atoms. The van der Waals surface area contributed by atoms with Gasteiger partial charge in [-0.15, -0.1) is 0 Å². The molecule has 0 aromatic heterocycles. The molecule has 0 radical (unpaired) electrons. The van der Waals surface area contributed by atoms with Crippen molar-refractivity contribution in [3.8, 4) is 5.75 Å². The smallest absolute Gasteiger partial charge is 0.262 e. The third-order valence-electron chi connectivity index (χ3n) is 2.89. The first-order valence-corrected chi connectivity index (χ1v) is 5.52. The van der Waals surface area contributed by atoms with Crippen molar-refractivity contribution in [1.29, 1.82) is 0 Å². The van der Waals surface area contributed by atoms with E-state index >= 15 is 0 Å². The Kier molecular flexibility index (Phi) is 2.29. The molecule has 0 aliphatic carbocycles. The minimum Gasteiger partial charge on any atom is -0.482 e. The van der Waals surface area contributed by atoms with Crippen LogP contribution in [0.1, 0.15) is 6.42 Å². The second-order valence-electron chi connectivity index (χ2n) is 4.21. The Hall–Kier alpha value is -2.37. The first-order valence-electron chi connectivity index (χ1n) is 5.52. The molecule has 2 aliphatic heterocycles. The van der Waals surface area contributed by atoms with E-state index in [1.165, 1.54) is 4.90 Å². The van der Waals surface area contributed by atoms with Crippen molar-refractivity contribution in [2.45, 2.75) is 6.42 Å². The molecular formula is C12H10N2O4. The number of hydrogen-bond donors (Lipinski definition) is 1. The maximum absolute atomic E-state index is 11.6. The molecule has 0 unspecified atom stereocenters. The summed E-state index contributed by atoms with van der Waals surface area (Å²) in [5.74, 6) is 0.0146. The van der Waals surface area contributed by atoms with Crippen molar-refractivity contribution in [3.63, 3.8) is 0 Å². The lowest BCUT2D eigenvalue weighted by Gasteiger charge is -2.21. The first-order chi connectivity index (χ1) is 8.63. The number of carbonyl (C=O) groups excluding carboxylic acids is 3. The van der Waals surface area contributed by atoms with E-state index < -0.39 is 0 Å². The summed E-state index contributed by atoms with van der Waals surface area (Å²) in [7, 11) is 0. The molecular weight excluding hydrogens is 236 g/mol. The van der Waals surface area contributed by atoms with E-state index in [9.17, 15) is 14.4 Å². The van der Waals surface area contributed by atoms with Crippen molar-refractivity contribution < 1.29 is 19.1 Å². The monoisotopic (exact) mass is 246 g/mol. The third-order valence-corrected chi connectivity index (χ3v) is 2.89. The molecule has 0 atom stereocenters. The predicted octanol–water partition coefficient (Wildman–Crippen LogP) is 0.323. The van der Waals surface area contributed by atoms with Crippen molar-refractivity contribution in [2.75, 3.05) is 23.4 Å². The summed E-state index contributed by atoms with van der Waals surface area (Å²) in [6.45, 7) is 0.0832. The zero-order valence-electron chi connectivity index (χ0n) is 9.43. The van der Waals surface area contributed by atoms with Crippen LogP contribution in [-0.2, 0) is 14.4 Å². The second kappa shape index (κ2) is 3.83. The van der Waals surface area contributed by atoms with Gasteiger partial charge in [0.1, 0.15) is 5.75 Å². The SMILES string of the molecule is O=C1CC(=O)N(c2ccc3c(c2)NC(=O)CO3)C1. The van der Waals surface area contributed by atoms with Crippen LogP contribution in [0.3, 0.4) is 0 Å². The molecule has 1 aromatic rings. The van der Waals surface area contributed by atoms with Gasteiger partial charge < -0.3 is 15.0 Å². The number of benzene rings is 1. The van der Waals surface area contributed by atoms with Gasteiger partial charge in [0, 0.05) is 5.69 Å². The van der Waals surface area contributed by atoms with Crippen LogP contribution < -0.4 is 15.0 Å². The van der Waals surface area contributed by atoms with Gasteiger partial charge in [-0.1, -0.05) is 0 Å². The van der Waals surface area contributed by atoms with Crippen LogP contribution in [-0.4, -0.2) is 30.7 Å². The summed E-state index contributed by atoms with van der Waals surface area (Å²) in [6.07, 6.45) is -0.0556. The highest BCUT2D eigenvalue weighted by molar-refractivity contribution is 6.15. The van der Waals surface area contributed by atoms with Crippen LogP contribution in [0.5, 0.6) is 5.75 Å². The van der Waals surface area contributed by atoms with Crippen molar-refractivity contribution >= 4 is 29.0 Å². The molecule has 0 spiro atoms. The van der Waals surface area contributed by atoms with E-state index in [1.807, 2.05) is 0 Å². The van der Waals surface area contributed by atoms with Gasteiger partial charge in [-0.2, -0.15) is 0 Å². The highest BCUT2D eigenvalue weighted by Gasteiger charge is 2.29. The topological polar surface area (TPSA) is 75.7 Å². The van der Waals surface area contributed by atoms with Crippen LogP contribution in [0.4, 0.5) is 11.4 Å². The van der Waals surface area contributed by atoms with Crippen LogP contribution in [0, 0.1) is 0 Å². The zero-order valence-corrected chi connectivity index (χ0v) is 9.43. The van der Waals surface area contributed by atoms with E-state index in [2.05, 4.69) is 5.32 Å². The van der Waals surface area contributed by atoms with Gasteiger partial charge in [0.2, 0.25) is 5.91 Å². The molecule has 2 aliphatic rings. The predicted molar refractivity (Wildman–Crippen MR) is 62.5 cm³/mol. The minimum atomic E-state index is -0.233.